The Balaban J connectivity index is 1.78. The van der Waals surface area contributed by atoms with Crippen molar-refractivity contribution >= 4 is 21.6 Å². The summed E-state index contributed by atoms with van der Waals surface area (Å²) in [6.45, 7) is 6.72. The van der Waals surface area contributed by atoms with Crippen LogP contribution in [-0.2, 0) is 10.0 Å². The summed E-state index contributed by atoms with van der Waals surface area (Å²) in [5.74, 6) is 0.109. The van der Waals surface area contributed by atoms with E-state index in [4.69, 9.17) is 0 Å². The zero-order valence-electron chi connectivity index (χ0n) is 17.8. The van der Waals surface area contributed by atoms with Crippen molar-refractivity contribution < 1.29 is 18.1 Å². The van der Waals surface area contributed by atoms with E-state index in [1.54, 1.807) is 31.2 Å². The van der Waals surface area contributed by atoms with Crippen LogP contribution in [0.25, 0.3) is 0 Å². The van der Waals surface area contributed by atoms with Gasteiger partial charge in [0.25, 0.3) is 11.6 Å². The lowest BCUT2D eigenvalue weighted by molar-refractivity contribution is -0.384. The molecule has 0 spiro atoms. The predicted octanol–water partition coefficient (Wildman–Crippen LogP) is 3.75. The van der Waals surface area contributed by atoms with Crippen LogP contribution >= 0.6 is 0 Å². The summed E-state index contributed by atoms with van der Waals surface area (Å²) in [4.78, 5) is 23.3. The Morgan fingerprint density at radius 3 is 2.42 bits per heavy atom. The zero-order valence-corrected chi connectivity index (χ0v) is 18.6. The Kier molecular flexibility index (Phi) is 6.76. The van der Waals surface area contributed by atoms with Crippen LogP contribution in [0.2, 0.25) is 0 Å². The van der Waals surface area contributed by atoms with Gasteiger partial charge in [0.2, 0.25) is 10.0 Å². The second-order valence-corrected chi connectivity index (χ2v) is 10.3. The first-order chi connectivity index (χ1) is 14.6. The fourth-order valence-electron chi connectivity index (χ4n) is 4.02. The number of sulfonamides is 1. The van der Waals surface area contributed by atoms with Crippen LogP contribution < -0.4 is 5.32 Å². The first-order valence-electron chi connectivity index (χ1n) is 10.2. The Morgan fingerprint density at radius 1 is 1.13 bits per heavy atom. The summed E-state index contributed by atoms with van der Waals surface area (Å²) in [5.41, 5.74) is 0.746. The maximum atomic E-state index is 13.1. The van der Waals surface area contributed by atoms with E-state index in [0.717, 1.165) is 6.42 Å². The maximum Gasteiger partial charge on any atom is 0.269 e. The summed E-state index contributed by atoms with van der Waals surface area (Å²) in [5, 5.41) is 13.8. The van der Waals surface area contributed by atoms with Crippen LogP contribution in [0.3, 0.4) is 0 Å². The molecule has 1 N–H and O–H groups in total. The van der Waals surface area contributed by atoms with Crippen molar-refractivity contribution in [2.75, 3.05) is 13.1 Å². The number of nitro benzene ring substituents is 1. The molecule has 1 heterocycles. The van der Waals surface area contributed by atoms with Gasteiger partial charge in [-0.3, -0.25) is 14.9 Å². The minimum Gasteiger partial charge on any atom is -0.346 e. The molecule has 166 valence electrons. The molecule has 3 atom stereocenters. The number of hydrogen-bond donors (Lipinski definition) is 1. The van der Waals surface area contributed by atoms with Gasteiger partial charge in [0.15, 0.2) is 0 Å². The molecule has 1 saturated heterocycles. The number of non-ortho nitro benzene ring substituents is 1. The number of amides is 1. The van der Waals surface area contributed by atoms with Crippen LogP contribution in [0.15, 0.2) is 53.4 Å². The second kappa shape index (κ2) is 9.15. The largest absolute Gasteiger partial charge is 0.346 e. The van der Waals surface area contributed by atoms with E-state index in [1.165, 1.54) is 28.6 Å². The number of nitrogens with one attached hydrogen (secondary N) is 1. The number of piperidine rings is 1. The number of benzene rings is 2. The van der Waals surface area contributed by atoms with E-state index in [1.807, 2.05) is 13.8 Å². The third kappa shape index (κ3) is 5.29. The van der Waals surface area contributed by atoms with Gasteiger partial charge in [-0.2, -0.15) is 4.31 Å². The van der Waals surface area contributed by atoms with Gasteiger partial charge in [-0.05, 0) is 48.9 Å². The number of nitrogens with zero attached hydrogens (tertiary/aromatic N) is 2. The normalized spacial score (nSPS) is 20.7. The zero-order chi connectivity index (χ0) is 22.8. The van der Waals surface area contributed by atoms with Gasteiger partial charge >= 0.3 is 0 Å². The van der Waals surface area contributed by atoms with E-state index in [-0.39, 0.29) is 28.0 Å². The second-order valence-electron chi connectivity index (χ2n) is 8.34. The molecule has 1 amide bonds. The average molecular weight is 446 g/mol. The van der Waals surface area contributed by atoms with E-state index in [0.29, 0.717) is 18.7 Å². The van der Waals surface area contributed by atoms with Crippen LogP contribution in [0, 0.1) is 22.0 Å². The molecule has 9 heteroatoms. The van der Waals surface area contributed by atoms with Crippen molar-refractivity contribution in [1.82, 2.24) is 9.62 Å². The minimum atomic E-state index is -3.70. The Morgan fingerprint density at radius 2 is 1.77 bits per heavy atom. The number of hydrogen-bond acceptors (Lipinski definition) is 5. The highest BCUT2D eigenvalue weighted by Gasteiger charge is 2.32. The number of carbonyl (C=O) groups is 1. The van der Waals surface area contributed by atoms with Crippen LogP contribution in [0.1, 0.15) is 49.2 Å². The summed E-state index contributed by atoms with van der Waals surface area (Å²) in [6.07, 6.45) is 0.990. The Labute approximate surface area is 182 Å². The highest BCUT2D eigenvalue weighted by atomic mass is 32.2. The van der Waals surface area contributed by atoms with Crippen molar-refractivity contribution in [1.29, 1.82) is 0 Å². The van der Waals surface area contributed by atoms with E-state index >= 15 is 0 Å². The molecule has 0 bridgehead atoms. The quantitative estimate of drug-likeness (QED) is 0.538. The smallest absolute Gasteiger partial charge is 0.269 e. The number of rotatable bonds is 6. The van der Waals surface area contributed by atoms with E-state index in [2.05, 4.69) is 5.32 Å². The van der Waals surface area contributed by atoms with Crippen LogP contribution in [-0.4, -0.2) is 36.6 Å². The van der Waals surface area contributed by atoms with E-state index in [9.17, 15) is 23.3 Å². The molecule has 1 aliphatic heterocycles. The maximum absolute atomic E-state index is 13.1. The molecule has 3 unspecified atom stereocenters. The summed E-state index contributed by atoms with van der Waals surface area (Å²) < 4.78 is 27.8. The molecular weight excluding hydrogens is 418 g/mol. The van der Waals surface area contributed by atoms with Gasteiger partial charge in [-0.25, -0.2) is 8.42 Å². The molecule has 0 aromatic heterocycles. The van der Waals surface area contributed by atoms with Gasteiger partial charge < -0.3 is 5.32 Å². The highest BCUT2D eigenvalue weighted by molar-refractivity contribution is 7.89. The molecule has 2 aromatic rings. The molecular formula is C22H27N3O5S. The summed E-state index contributed by atoms with van der Waals surface area (Å²) in [7, 11) is -3.70. The molecule has 1 fully saturated rings. The SMILES string of the molecule is CC1CC(C)CN(S(=O)(=O)c2cccc(C(=O)NC(C)c3cccc([N+](=O)[O-])c3)c2)C1. The monoisotopic (exact) mass is 445 g/mol. The molecule has 0 saturated carbocycles. The van der Waals surface area contributed by atoms with Crippen molar-refractivity contribution in [2.24, 2.45) is 11.8 Å². The lowest BCUT2D eigenvalue weighted by atomic mass is 9.94. The summed E-state index contributed by atoms with van der Waals surface area (Å²) in [6, 6.07) is 11.5. The first kappa shape index (κ1) is 22.9. The van der Waals surface area contributed by atoms with Crippen molar-refractivity contribution in [3.05, 3.63) is 69.8 Å². The topological polar surface area (TPSA) is 110 Å². The van der Waals surface area contributed by atoms with Crippen LogP contribution in [0.4, 0.5) is 5.69 Å². The molecule has 31 heavy (non-hydrogen) atoms. The Hall–Kier alpha value is -2.78. The molecule has 0 aliphatic carbocycles. The van der Waals surface area contributed by atoms with Gasteiger partial charge in [0.05, 0.1) is 15.9 Å². The van der Waals surface area contributed by atoms with E-state index < -0.39 is 26.9 Å². The van der Waals surface area contributed by atoms with Crippen molar-refractivity contribution in [3.63, 3.8) is 0 Å². The van der Waals surface area contributed by atoms with Gasteiger partial charge in [0.1, 0.15) is 0 Å². The standard InChI is InChI=1S/C22H27N3O5S/c1-15-10-16(2)14-24(13-15)31(29,30)21-9-5-7-19(12-21)22(26)23-17(3)18-6-4-8-20(11-18)25(27)28/h4-9,11-12,15-17H,10,13-14H2,1-3H3,(H,23,26). The fraction of sp³-hybridized carbons (Fsp3) is 0.409. The van der Waals surface area contributed by atoms with Crippen molar-refractivity contribution in [3.8, 4) is 0 Å². The lowest BCUT2D eigenvalue weighted by Gasteiger charge is -2.34. The van der Waals surface area contributed by atoms with Crippen molar-refractivity contribution in [2.45, 2.75) is 38.1 Å². The molecule has 1 aliphatic rings. The average Bonchev–Trinajstić information content (AvgIpc) is 2.73. The summed E-state index contributed by atoms with van der Waals surface area (Å²) >= 11 is 0. The third-order valence-electron chi connectivity index (χ3n) is 5.50. The number of carbonyl (C=O) groups excluding carboxylic acids is 1. The lowest BCUT2D eigenvalue weighted by Crippen LogP contribution is -2.42. The molecule has 0 radical (unpaired) electrons. The van der Waals surface area contributed by atoms with Gasteiger partial charge in [0, 0.05) is 30.8 Å². The predicted molar refractivity (Wildman–Crippen MR) is 117 cm³/mol. The molecule has 2 aromatic carbocycles. The van der Waals surface area contributed by atoms with Gasteiger partial charge in [-0.15, -0.1) is 0 Å². The van der Waals surface area contributed by atoms with Gasteiger partial charge in [-0.1, -0.05) is 32.0 Å². The fourth-order valence-corrected chi connectivity index (χ4v) is 5.75. The highest BCUT2D eigenvalue weighted by Crippen LogP contribution is 2.27. The molecule has 8 nitrogen and oxygen atoms in total. The minimum absolute atomic E-state index is 0.0586. The molecule has 3 rings (SSSR count). The third-order valence-corrected chi connectivity index (χ3v) is 7.33. The van der Waals surface area contributed by atoms with Crippen LogP contribution in [0.5, 0.6) is 0 Å². The first-order valence-corrected chi connectivity index (χ1v) is 11.7. The Bertz CT molecular complexity index is 1080. The number of nitro groups is 1.